The number of nitrogens with zero attached hydrogens (tertiary/aromatic N) is 1. The molecule has 0 unspecified atom stereocenters. The molecule has 2 rings (SSSR count). The van der Waals surface area contributed by atoms with E-state index >= 15 is 0 Å². The topological polar surface area (TPSA) is 28.7 Å². The zero-order valence-electron chi connectivity index (χ0n) is 8.15. The van der Waals surface area contributed by atoms with Gasteiger partial charge in [-0.3, -0.25) is 0 Å². The first kappa shape index (κ1) is 12.3. The summed E-state index contributed by atoms with van der Waals surface area (Å²) in [6.07, 6.45) is -3.32. The minimum absolute atomic E-state index is 0.163. The molecule has 1 aromatic heterocycles. The molecule has 0 aliphatic carbocycles. The Morgan fingerprint density at radius 2 is 1.82 bits per heavy atom. The molecule has 1 aromatic carbocycles. The summed E-state index contributed by atoms with van der Waals surface area (Å²) in [5.41, 5.74) is 0.627. The molecule has 0 fully saturated rings. The first-order chi connectivity index (χ1) is 7.88. The van der Waals surface area contributed by atoms with Gasteiger partial charge in [-0.25, -0.2) is 4.98 Å². The summed E-state index contributed by atoms with van der Waals surface area (Å²) in [6.45, 7) is 0. The van der Waals surface area contributed by atoms with Crippen molar-refractivity contribution in [1.82, 2.24) is 9.97 Å². The molecule has 90 valence electrons. The number of aromatic amines is 1. The van der Waals surface area contributed by atoms with Crippen molar-refractivity contribution in [2.45, 2.75) is 6.18 Å². The van der Waals surface area contributed by atoms with Crippen molar-refractivity contribution in [3.05, 3.63) is 40.3 Å². The zero-order valence-corrected chi connectivity index (χ0v) is 9.66. The van der Waals surface area contributed by atoms with E-state index in [1.54, 1.807) is 6.07 Å². The number of hydrogen-bond acceptors (Lipinski definition) is 1. The Kier molecular flexibility index (Phi) is 3.05. The van der Waals surface area contributed by atoms with Crippen LogP contribution in [0.25, 0.3) is 11.3 Å². The molecule has 0 radical (unpaired) electrons. The van der Waals surface area contributed by atoms with E-state index < -0.39 is 12.0 Å². The van der Waals surface area contributed by atoms with Gasteiger partial charge in [-0.2, -0.15) is 13.2 Å². The minimum Gasteiger partial charge on any atom is -0.340 e. The van der Waals surface area contributed by atoms with Gasteiger partial charge in [0.15, 0.2) is 0 Å². The standard InChI is InChI=1S/C10H5Cl2F3N2/c11-6-2-1-5(3-7(6)12)8-4-16-9(17-8)10(13,14)15/h1-4H,(H,16,17). The van der Waals surface area contributed by atoms with Crippen molar-refractivity contribution >= 4 is 23.2 Å². The molecule has 0 amide bonds. The molecule has 0 bridgehead atoms. The number of H-pyrrole nitrogens is 1. The highest BCUT2D eigenvalue weighted by Gasteiger charge is 2.34. The third-order valence-corrected chi connectivity index (χ3v) is 2.80. The predicted molar refractivity (Wildman–Crippen MR) is 59.0 cm³/mol. The van der Waals surface area contributed by atoms with Gasteiger partial charge in [-0.05, 0) is 12.1 Å². The molecule has 0 saturated carbocycles. The summed E-state index contributed by atoms with van der Waals surface area (Å²) in [7, 11) is 0. The Morgan fingerprint density at radius 3 is 2.35 bits per heavy atom. The lowest BCUT2D eigenvalue weighted by Crippen LogP contribution is -2.07. The quantitative estimate of drug-likeness (QED) is 0.824. The third-order valence-electron chi connectivity index (χ3n) is 2.06. The van der Waals surface area contributed by atoms with Crippen molar-refractivity contribution in [1.29, 1.82) is 0 Å². The Balaban J connectivity index is 2.40. The number of nitrogens with one attached hydrogen (secondary N) is 1. The first-order valence-corrected chi connectivity index (χ1v) is 5.21. The van der Waals surface area contributed by atoms with Gasteiger partial charge < -0.3 is 4.98 Å². The fourth-order valence-electron chi connectivity index (χ4n) is 1.27. The Labute approximate surface area is 104 Å². The van der Waals surface area contributed by atoms with Crippen molar-refractivity contribution < 1.29 is 13.2 Å². The highest BCUT2D eigenvalue weighted by Crippen LogP contribution is 2.31. The van der Waals surface area contributed by atoms with Crippen LogP contribution in [0.1, 0.15) is 5.82 Å². The van der Waals surface area contributed by atoms with E-state index in [-0.39, 0.29) is 10.7 Å². The summed E-state index contributed by atoms with van der Waals surface area (Å²) in [4.78, 5) is 5.51. The average Bonchev–Trinajstić information content (AvgIpc) is 2.70. The number of imidazole rings is 1. The summed E-state index contributed by atoms with van der Waals surface area (Å²) in [5, 5.41) is 0.600. The monoisotopic (exact) mass is 280 g/mol. The second kappa shape index (κ2) is 4.23. The number of halogens is 5. The lowest BCUT2D eigenvalue weighted by molar-refractivity contribution is -0.144. The van der Waals surface area contributed by atoms with Crippen LogP contribution in [0.3, 0.4) is 0 Å². The van der Waals surface area contributed by atoms with Crippen molar-refractivity contribution in [2.75, 3.05) is 0 Å². The van der Waals surface area contributed by atoms with Crippen LogP contribution in [0, 0.1) is 0 Å². The van der Waals surface area contributed by atoms with Crippen LogP contribution < -0.4 is 0 Å². The van der Waals surface area contributed by atoms with Crippen molar-refractivity contribution in [3.8, 4) is 11.3 Å². The molecule has 0 spiro atoms. The smallest absolute Gasteiger partial charge is 0.340 e. The van der Waals surface area contributed by atoms with E-state index in [0.29, 0.717) is 10.6 Å². The summed E-state index contributed by atoms with van der Waals surface area (Å²) >= 11 is 11.5. The van der Waals surface area contributed by atoms with Gasteiger partial charge in [-0.15, -0.1) is 0 Å². The summed E-state index contributed by atoms with van der Waals surface area (Å²) in [6, 6.07) is 4.51. The molecular weight excluding hydrogens is 276 g/mol. The van der Waals surface area contributed by atoms with Crippen LogP contribution >= 0.6 is 23.2 Å². The highest BCUT2D eigenvalue weighted by atomic mass is 35.5. The van der Waals surface area contributed by atoms with Crippen molar-refractivity contribution in [2.24, 2.45) is 0 Å². The number of benzene rings is 1. The van der Waals surface area contributed by atoms with Gasteiger partial charge in [0.05, 0.1) is 15.7 Å². The van der Waals surface area contributed by atoms with Gasteiger partial charge in [0.25, 0.3) is 0 Å². The highest BCUT2D eigenvalue weighted by molar-refractivity contribution is 6.42. The zero-order chi connectivity index (χ0) is 12.6. The summed E-state index contributed by atoms with van der Waals surface area (Å²) in [5.74, 6) is -1.04. The van der Waals surface area contributed by atoms with Gasteiger partial charge in [0.2, 0.25) is 5.82 Å². The fraction of sp³-hybridized carbons (Fsp3) is 0.100. The van der Waals surface area contributed by atoms with Crippen molar-refractivity contribution in [3.63, 3.8) is 0 Å². The Morgan fingerprint density at radius 1 is 1.12 bits per heavy atom. The van der Waals surface area contributed by atoms with Gasteiger partial charge in [0, 0.05) is 11.8 Å². The molecule has 2 nitrogen and oxygen atoms in total. The lowest BCUT2D eigenvalue weighted by atomic mass is 10.2. The lowest BCUT2D eigenvalue weighted by Gasteiger charge is -2.01. The minimum atomic E-state index is -4.49. The molecule has 0 aliphatic heterocycles. The van der Waals surface area contributed by atoms with E-state index in [2.05, 4.69) is 9.97 Å². The molecule has 7 heteroatoms. The third kappa shape index (κ3) is 2.56. The molecule has 1 N–H and O–H groups in total. The number of rotatable bonds is 1. The SMILES string of the molecule is FC(F)(F)c1nc(-c2ccc(Cl)c(Cl)c2)c[nH]1. The molecule has 2 aromatic rings. The molecule has 0 atom stereocenters. The molecule has 0 saturated heterocycles. The van der Waals surface area contributed by atoms with Crippen LogP contribution in [0.2, 0.25) is 10.0 Å². The number of aromatic nitrogens is 2. The maximum absolute atomic E-state index is 12.3. The Hall–Kier alpha value is -1.20. The normalized spacial score (nSPS) is 11.8. The van der Waals surface area contributed by atoms with E-state index in [9.17, 15) is 13.2 Å². The average molecular weight is 281 g/mol. The van der Waals surface area contributed by atoms with Crippen LogP contribution in [0.15, 0.2) is 24.4 Å². The fourth-order valence-corrected chi connectivity index (χ4v) is 1.57. The second-order valence-electron chi connectivity index (χ2n) is 3.26. The first-order valence-electron chi connectivity index (χ1n) is 4.46. The van der Waals surface area contributed by atoms with Crippen LogP contribution in [-0.4, -0.2) is 9.97 Å². The number of alkyl halides is 3. The molecule has 17 heavy (non-hydrogen) atoms. The van der Waals surface area contributed by atoms with E-state index in [0.717, 1.165) is 0 Å². The Bertz CT molecular complexity index is 549. The maximum atomic E-state index is 12.3. The van der Waals surface area contributed by atoms with E-state index in [1.807, 2.05) is 0 Å². The van der Waals surface area contributed by atoms with Gasteiger partial charge in [-0.1, -0.05) is 29.3 Å². The summed E-state index contributed by atoms with van der Waals surface area (Å²) < 4.78 is 37.0. The van der Waals surface area contributed by atoms with Crippen LogP contribution in [0.5, 0.6) is 0 Å². The van der Waals surface area contributed by atoms with Gasteiger partial charge in [0.1, 0.15) is 0 Å². The second-order valence-corrected chi connectivity index (χ2v) is 4.08. The van der Waals surface area contributed by atoms with Crippen LogP contribution in [0.4, 0.5) is 13.2 Å². The van der Waals surface area contributed by atoms with E-state index in [4.69, 9.17) is 23.2 Å². The van der Waals surface area contributed by atoms with E-state index in [1.165, 1.54) is 18.3 Å². The molecule has 1 heterocycles. The predicted octanol–water partition coefficient (Wildman–Crippen LogP) is 4.40. The molecule has 0 aliphatic rings. The maximum Gasteiger partial charge on any atom is 0.449 e. The van der Waals surface area contributed by atoms with Gasteiger partial charge >= 0.3 is 6.18 Å². The largest absolute Gasteiger partial charge is 0.449 e. The number of hydrogen-bond donors (Lipinski definition) is 1. The van der Waals surface area contributed by atoms with Crippen LogP contribution in [-0.2, 0) is 6.18 Å². The molecular formula is C10H5Cl2F3N2.